The largest absolute Gasteiger partial charge is 0.268 e. The lowest BCUT2D eigenvalue weighted by Gasteiger charge is -2.14. The molecule has 0 aliphatic heterocycles. The summed E-state index contributed by atoms with van der Waals surface area (Å²) in [7, 11) is 0. The van der Waals surface area contributed by atoms with Crippen molar-refractivity contribution in [3.05, 3.63) is 63.9 Å². The van der Waals surface area contributed by atoms with Gasteiger partial charge < -0.3 is 0 Å². The second-order valence-electron chi connectivity index (χ2n) is 6.73. The molecule has 0 amide bonds. The predicted molar refractivity (Wildman–Crippen MR) is 107 cm³/mol. The number of nitrogens with zero attached hydrogens (tertiary/aromatic N) is 4. The van der Waals surface area contributed by atoms with Gasteiger partial charge in [0, 0.05) is 5.25 Å². The lowest BCUT2D eigenvalue weighted by Crippen LogP contribution is -2.22. The topological polar surface area (TPSA) is 52.2 Å². The molecule has 0 spiro atoms. The Labute approximate surface area is 155 Å². The molecule has 4 aromatic rings. The van der Waals surface area contributed by atoms with E-state index in [0.717, 1.165) is 27.5 Å². The fourth-order valence-electron chi connectivity index (χ4n) is 3.24. The molecule has 2 aromatic heterocycles. The van der Waals surface area contributed by atoms with E-state index in [1.165, 1.54) is 0 Å². The molecule has 132 valence electrons. The zero-order chi connectivity index (χ0) is 18.4. The lowest BCUT2D eigenvalue weighted by molar-refractivity contribution is 0.920. The molecule has 2 aromatic carbocycles. The van der Waals surface area contributed by atoms with Crippen LogP contribution in [0.4, 0.5) is 0 Å². The first kappa shape index (κ1) is 16.8. The van der Waals surface area contributed by atoms with Gasteiger partial charge in [-0.25, -0.2) is 4.57 Å². The molecular formula is C20H20N4OS. The van der Waals surface area contributed by atoms with E-state index in [4.69, 9.17) is 0 Å². The Morgan fingerprint density at radius 1 is 1.04 bits per heavy atom. The number of benzene rings is 2. The molecule has 26 heavy (non-hydrogen) atoms. The Morgan fingerprint density at radius 2 is 1.81 bits per heavy atom. The zero-order valence-corrected chi connectivity index (χ0v) is 16.0. The summed E-state index contributed by atoms with van der Waals surface area (Å²) in [5.41, 5.74) is 3.79. The number of aromatic nitrogens is 4. The number of rotatable bonds is 3. The zero-order valence-electron chi connectivity index (χ0n) is 15.2. The van der Waals surface area contributed by atoms with E-state index in [2.05, 4.69) is 30.1 Å². The third-order valence-corrected chi connectivity index (χ3v) is 5.28. The standard InChI is InChI=1S/C20H20N4OS/c1-12(2)26-20-22-21-19-23(16-10-9-13(3)11-14(16)4)18(25)15-7-5-6-8-17(15)24(19)20/h5-12H,1-4H3. The molecular weight excluding hydrogens is 344 g/mol. The summed E-state index contributed by atoms with van der Waals surface area (Å²) >= 11 is 1.64. The van der Waals surface area contributed by atoms with Gasteiger partial charge in [-0.05, 0) is 37.6 Å². The van der Waals surface area contributed by atoms with Gasteiger partial charge in [0.05, 0.1) is 16.6 Å². The molecule has 0 radical (unpaired) electrons. The van der Waals surface area contributed by atoms with Crippen LogP contribution >= 0.6 is 11.8 Å². The van der Waals surface area contributed by atoms with E-state index >= 15 is 0 Å². The summed E-state index contributed by atoms with van der Waals surface area (Å²) in [5, 5.41) is 10.6. The average molecular weight is 364 g/mol. The van der Waals surface area contributed by atoms with Gasteiger partial charge >= 0.3 is 0 Å². The van der Waals surface area contributed by atoms with Crippen LogP contribution in [0.1, 0.15) is 25.0 Å². The molecule has 0 aliphatic carbocycles. The van der Waals surface area contributed by atoms with Crippen LogP contribution in [-0.2, 0) is 0 Å². The van der Waals surface area contributed by atoms with Gasteiger partial charge in [-0.15, -0.1) is 10.2 Å². The molecule has 2 heterocycles. The first-order valence-electron chi connectivity index (χ1n) is 8.60. The van der Waals surface area contributed by atoms with Crippen molar-refractivity contribution < 1.29 is 0 Å². The van der Waals surface area contributed by atoms with Crippen molar-refractivity contribution in [2.75, 3.05) is 0 Å². The minimum Gasteiger partial charge on any atom is -0.268 e. The van der Waals surface area contributed by atoms with Crippen LogP contribution in [0.25, 0.3) is 22.4 Å². The molecule has 0 N–H and O–H groups in total. The van der Waals surface area contributed by atoms with Gasteiger partial charge in [0.2, 0.25) is 5.78 Å². The number of hydrogen-bond donors (Lipinski definition) is 0. The molecule has 0 saturated heterocycles. The molecule has 0 bridgehead atoms. The monoisotopic (exact) mass is 364 g/mol. The highest BCUT2D eigenvalue weighted by Gasteiger charge is 2.19. The first-order valence-corrected chi connectivity index (χ1v) is 9.48. The molecule has 5 nitrogen and oxygen atoms in total. The highest BCUT2D eigenvalue weighted by Crippen LogP contribution is 2.26. The Hall–Kier alpha value is -2.60. The van der Waals surface area contributed by atoms with Gasteiger partial charge in [0.15, 0.2) is 5.16 Å². The lowest BCUT2D eigenvalue weighted by atomic mass is 10.1. The average Bonchev–Trinajstić information content (AvgIpc) is 2.99. The van der Waals surface area contributed by atoms with Crippen LogP contribution in [0, 0.1) is 13.8 Å². The first-order chi connectivity index (χ1) is 12.5. The SMILES string of the molecule is Cc1ccc(-n2c(=O)c3ccccc3n3c(SC(C)C)nnc23)c(C)c1. The maximum absolute atomic E-state index is 13.3. The molecule has 0 unspecified atom stereocenters. The number of para-hydroxylation sites is 1. The summed E-state index contributed by atoms with van der Waals surface area (Å²) in [6.45, 7) is 8.30. The highest BCUT2D eigenvalue weighted by molar-refractivity contribution is 7.99. The Kier molecular flexibility index (Phi) is 4.07. The minimum absolute atomic E-state index is 0.0754. The minimum atomic E-state index is -0.0754. The summed E-state index contributed by atoms with van der Waals surface area (Å²) in [5.74, 6) is 0.545. The fourth-order valence-corrected chi connectivity index (χ4v) is 4.03. The molecule has 4 rings (SSSR count). The van der Waals surface area contributed by atoms with Crippen molar-refractivity contribution in [1.29, 1.82) is 0 Å². The highest BCUT2D eigenvalue weighted by atomic mass is 32.2. The second-order valence-corrected chi connectivity index (χ2v) is 8.28. The van der Waals surface area contributed by atoms with Crippen molar-refractivity contribution in [2.45, 2.75) is 38.1 Å². The van der Waals surface area contributed by atoms with Crippen LogP contribution < -0.4 is 5.56 Å². The van der Waals surface area contributed by atoms with E-state index in [1.807, 2.05) is 54.6 Å². The third kappa shape index (κ3) is 2.61. The van der Waals surface area contributed by atoms with Gasteiger partial charge in [-0.3, -0.25) is 9.20 Å². The molecule has 6 heteroatoms. The Balaban J connectivity index is 2.17. The molecule has 0 aliphatic rings. The smallest absolute Gasteiger partial charge is 0.267 e. The summed E-state index contributed by atoms with van der Waals surface area (Å²) in [6, 6.07) is 13.7. The molecule has 0 saturated carbocycles. The second kappa shape index (κ2) is 6.29. The van der Waals surface area contributed by atoms with Crippen LogP contribution in [0.2, 0.25) is 0 Å². The van der Waals surface area contributed by atoms with Crippen molar-refractivity contribution >= 4 is 28.4 Å². The Bertz CT molecular complexity index is 1190. The normalized spacial score (nSPS) is 11.7. The number of fused-ring (bicyclic) bond motifs is 3. The number of aryl methyl sites for hydroxylation is 2. The molecule has 0 fully saturated rings. The predicted octanol–water partition coefficient (Wildman–Crippen LogP) is 4.15. The third-order valence-electron chi connectivity index (χ3n) is 4.33. The van der Waals surface area contributed by atoms with Crippen LogP contribution in [-0.4, -0.2) is 24.4 Å². The van der Waals surface area contributed by atoms with Gasteiger partial charge in [-0.2, -0.15) is 0 Å². The number of thioether (sulfide) groups is 1. The van der Waals surface area contributed by atoms with Gasteiger partial charge in [0.1, 0.15) is 0 Å². The Morgan fingerprint density at radius 3 is 2.54 bits per heavy atom. The van der Waals surface area contributed by atoms with E-state index in [0.29, 0.717) is 16.4 Å². The van der Waals surface area contributed by atoms with Crippen molar-refractivity contribution in [1.82, 2.24) is 19.2 Å². The maximum Gasteiger partial charge on any atom is 0.267 e. The maximum atomic E-state index is 13.3. The van der Waals surface area contributed by atoms with Gasteiger partial charge in [-0.1, -0.05) is 55.4 Å². The summed E-state index contributed by atoms with van der Waals surface area (Å²) in [6.07, 6.45) is 0. The van der Waals surface area contributed by atoms with Crippen molar-refractivity contribution in [3.8, 4) is 5.69 Å². The van der Waals surface area contributed by atoms with Crippen LogP contribution in [0.5, 0.6) is 0 Å². The van der Waals surface area contributed by atoms with E-state index in [9.17, 15) is 4.79 Å². The van der Waals surface area contributed by atoms with Gasteiger partial charge in [0.25, 0.3) is 5.56 Å². The van der Waals surface area contributed by atoms with Crippen LogP contribution in [0.15, 0.2) is 52.4 Å². The van der Waals surface area contributed by atoms with E-state index < -0.39 is 0 Å². The van der Waals surface area contributed by atoms with Crippen molar-refractivity contribution in [2.24, 2.45) is 0 Å². The number of hydrogen-bond acceptors (Lipinski definition) is 4. The van der Waals surface area contributed by atoms with Crippen molar-refractivity contribution in [3.63, 3.8) is 0 Å². The summed E-state index contributed by atoms with van der Waals surface area (Å²) in [4.78, 5) is 13.3. The fraction of sp³-hybridized carbons (Fsp3) is 0.250. The summed E-state index contributed by atoms with van der Waals surface area (Å²) < 4.78 is 3.66. The van der Waals surface area contributed by atoms with E-state index in [-0.39, 0.29) is 5.56 Å². The van der Waals surface area contributed by atoms with E-state index in [1.54, 1.807) is 16.3 Å². The molecule has 0 atom stereocenters. The quantitative estimate of drug-likeness (QED) is 0.513. The van der Waals surface area contributed by atoms with Crippen LogP contribution in [0.3, 0.4) is 0 Å².